The van der Waals surface area contributed by atoms with Crippen molar-refractivity contribution in [1.29, 1.82) is 0 Å². The van der Waals surface area contributed by atoms with Gasteiger partial charge in [-0.05, 0) is 68.5 Å². The fourth-order valence-electron chi connectivity index (χ4n) is 4.23. The highest BCUT2D eigenvalue weighted by molar-refractivity contribution is 5.82. The van der Waals surface area contributed by atoms with E-state index in [9.17, 15) is 0 Å². The van der Waals surface area contributed by atoms with Gasteiger partial charge in [-0.1, -0.05) is 81.8 Å². The molecular formula is C26H28. The molecule has 0 saturated carbocycles. The number of hydrogen-bond acceptors (Lipinski definition) is 0. The summed E-state index contributed by atoms with van der Waals surface area (Å²) in [5.41, 5.74) is 7.31. The van der Waals surface area contributed by atoms with Gasteiger partial charge in [-0.25, -0.2) is 0 Å². The maximum atomic E-state index is 2.45. The predicted molar refractivity (Wildman–Crippen MR) is 113 cm³/mol. The van der Waals surface area contributed by atoms with Crippen LogP contribution in [0.2, 0.25) is 0 Å². The molecule has 2 aliphatic carbocycles. The van der Waals surface area contributed by atoms with Crippen LogP contribution in [0.4, 0.5) is 0 Å². The molecule has 0 fully saturated rings. The quantitative estimate of drug-likeness (QED) is 0.563. The first-order valence-corrected chi connectivity index (χ1v) is 9.63. The lowest BCUT2D eigenvalue weighted by molar-refractivity contribution is 0.516. The van der Waals surface area contributed by atoms with Crippen molar-refractivity contribution in [3.05, 3.63) is 86.1 Å². The lowest BCUT2D eigenvalue weighted by atomic mass is 9.87. The largest absolute Gasteiger partial charge is 0.0735 e. The first-order chi connectivity index (χ1) is 12.3. The highest BCUT2D eigenvalue weighted by Crippen LogP contribution is 2.40. The van der Waals surface area contributed by atoms with Crippen LogP contribution in [-0.2, 0) is 0 Å². The van der Waals surface area contributed by atoms with Gasteiger partial charge in [-0.15, -0.1) is 0 Å². The van der Waals surface area contributed by atoms with E-state index in [-0.39, 0.29) is 5.41 Å². The van der Waals surface area contributed by atoms with Gasteiger partial charge in [0.05, 0.1) is 0 Å². The standard InChI is InChI=1S/C26H28/c1-16(2)20-11-12-22-21-10-8-7-9-18(21)14-24(22)25(20)23-15-19(13-17(23)3)26(4,5)6/h7-15,17H,1-6H3. The summed E-state index contributed by atoms with van der Waals surface area (Å²) >= 11 is 0. The van der Waals surface area contributed by atoms with Gasteiger partial charge in [-0.2, -0.15) is 0 Å². The van der Waals surface area contributed by atoms with Crippen molar-refractivity contribution in [2.75, 3.05) is 0 Å². The molecule has 26 heavy (non-hydrogen) atoms. The molecule has 0 N–H and O–H groups in total. The van der Waals surface area contributed by atoms with Crippen molar-refractivity contribution in [2.45, 2.75) is 41.5 Å². The fourth-order valence-corrected chi connectivity index (χ4v) is 4.23. The summed E-state index contributed by atoms with van der Waals surface area (Å²) in [6.07, 6.45) is 7.28. The van der Waals surface area contributed by atoms with Crippen molar-refractivity contribution in [2.24, 2.45) is 11.3 Å². The van der Waals surface area contributed by atoms with Crippen molar-refractivity contribution in [1.82, 2.24) is 0 Å². The van der Waals surface area contributed by atoms with Crippen LogP contribution >= 0.6 is 0 Å². The maximum absolute atomic E-state index is 2.45. The molecule has 132 valence electrons. The number of allylic oxidation sites excluding steroid dienone is 4. The molecule has 0 nitrogen and oxygen atoms in total. The SMILES string of the molecule is CC(C)=c1ccc2c(c1C1=CC(C(C)(C)C)=CC1C)C=c1ccccc1=2. The van der Waals surface area contributed by atoms with Gasteiger partial charge in [0.25, 0.3) is 0 Å². The zero-order valence-electron chi connectivity index (χ0n) is 16.8. The topological polar surface area (TPSA) is 0 Å². The molecule has 0 aromatic heterocycles. The second kappa shape index (κ2) is 5.84. The second-order valence-electron chi connectivity index (χ2n) is 8.94. The molecular weight excluding hydrogens is 312 g/mol. The Balaban J connectivity index is 2.08. The number of rotatable bonds is 1. The molecule has 0 heteroatoms. The molecule has 1 unspecified atom stereocenters. The third-order valence-corrected chi connectivity index (χ3v) is 5.72. The molecule has 2 aromatic rings. The molecule has 0 amide bonds. The minimum atomic E-state index is 0.186. The van der Waals surface area contributed by atoms with E-state index in [1.54, 1.807) is 0 Å². The number of fused-ring (bicyclic) bond motifs is 2. The molecule has 2 aliphatic rings. The summed E-state index contributed by atoms with van der Waals surface area (Å²) < 4.78 is 0. The Kier molecular flexibility index (Phi) is 3.84. The van der Waals surface area contributed by atoms with E-state index in [1.165, 1.54) is 48.7 Å². The highest BCUT2D eigenvalue weighted by Gasteiger charge is 2.26. The van der Waals surface area contributed by atoms with Crippen LogP contribution in [-0.4, -0.2) is 0 Å². The molecule has 0 bridgehead atoms. The van der Waals surface area contributed by atoms with Crippen LogP contribution in [0.15, 0.2) is 54.1 Å². The zero-order chi connectivity index (χ0) is 18.6. The Morgan fingerprint density at radius 1 is 0.885 bits per heavy atom. The van der Waals surface area contributed by atoms with E-state index in [0.717, 1.165) is 0 Å². The van der Waals surface area contributed by atoms with Gasteiger partial charge >= 0.3 is 0 Å². The zero-order valence-corrected chi connectivity index (χ0v) is 16.8. The highest BCUT2D eigenvalue weighted by atomic mass is 14.3. The minimum absolute atomic E-state index is 0.186. The van der Waals surface area contributed by atoms with E-state index in [2.05, 4.69) is 96.2 Å². The van der Waals surface area contributed by atoms with Crippen LogP contribution in [0, 0.1) is 21.8 Å². The Hall–Kier alpha value is -2.34. The summed E-state index contributed by atoms with van der Waals surface area (Å²) in [6.45, 7) is 13.7. The third-order valence-electron chi connectivity index (χ3n) is 5.72. The van der Waals surface area contributed by atoms with Crippen LogP contribution < -0.4 is 10.4 Å². The van der Waals surface area contributed by atoms with Gasteiger partial charge in [-0.3, -0.25) is 0 Å². The van der Waals surface area contributed by atoms with Gasteiger partial charge in [0, 0.05) is 5.92 Å². The van der Waals surface area contributed by atoms with Crippen molar-refractivity contribution in [3.8, 4) is 0 Å². The van der Waals surface area contributed by atoms with Crippen molar-refractivity contribution in [3.63, 3.8) is 0 Å². The van der Waals surface area contributed by atoms with Crippen LogP contribution in [0.3, 0.4) is 0 Å². The van der Waals surface area contributed by atoms with Gasteiger partial charge in [0.1, 0.15) is 0 Å². The Bertz CT molecular complexity index is 1170. The van der Waals surface area contributed by atoms with Gasteiger partial charge < -0.3 is 0 Å². The second-order valence-corrected chi connectivity index (χ2v) is 8.94. The Morgan fingerprint density at radius 2 is 1.62 bits per heavy atom. The monoisotopic (exact) mass is 340 g/mol. The number of benzene rings is 2. The predicted octanol–water partition coefficient (Wildman–Crippen LogP) is 5.31. The third kappa shape index (κ3) is 2.60. The summed E-state index contributed by atoms with van der Waals surface area (Å²) in [5, 5.41) is 5.46. The Labute approximate surface area is 156 Å². The maximum Gasteiger partial charge on any atom is 0.000206 e. The smallest absolute Gasteiger partial charge is 0.000206 e. The van der Waals surface area contributed by atoms with E-state index >= 15 is 0 Å². The summed E-state index contributed by atoms with van der Waals surface area (Å²) in [4.78, 5) is 0. The first kappa shape index (κ1) is 17.1. The summed E-state index contributed by atoms with van der Waals surface area (Å²) in [6, 6.07) is 13.4. The van der Waals surface area contributed by atoms with E-state index in [1.807, 2.05) is 0 Å². The molecule has 0 saturated heterocycles. The summed E-state index contributed by atoms with van der Waals surface area (Å²) in [5.74, 6) is 0.450. The van der Waals surface area contributed by atoms with Crippen LogP contribution in [0.25, 0.3) is 17.2 Å². The fraction of sp³-hybridized carbons (Fsp3) is 0.308. The molecule has 1 atom stereocenters. The van der Waals surface area contributed by atoms with E-state index in [0.29, 0.717) is 5.92 Å². The molecule has 0 aliphatic heterocycles. The lowest BCUT2D eigenvalue weighted by Crippen LogP contribution is -2.14. The molecule has 0 radical (unpaired) electrons. The average Bonchev–Trinajstić information content (AvgIpc) is 3.14. The van der Waals surface area contributed by atoms with Gasteiger partial charge in [0.2, 0.25) is 0 Å². The average molecular weight is 341 g/mol. The van der Waals surface area contributed by atoms with Crippen LogP contribution in [0.1, 0.15) is 52.7 Å². The molecule has 0 heterocycles. The molecule has 4 rings (SSSR count). The lowest BCUT2D eigenvalue weighted by Gasteiger charge is -2.18. The Morgan fingerprint density at radius 3 is 2.27 bits per heavy atom. The number of hydrogen-bond donors (Lipinski definition) is 0. The minimum Gasteiger partial charge on any atom is -0.0735 e. The van der Waals surface area contributed by atoms with E-state index < -0.39 is 0 Å². The molecule has 2 aromatic carbocycles. The molecule has 0 spiro atoms. The summed E-state index contributed by atoms with van der Waals surface area (Å²) in [7, 11) is 0. The normalized spacial score (nSPS) is 18.0. The van der Waals surface area contributed by atoms with Gasteiger partial charge in [0.15, 0.2) is 0 Å². The first-order valence-electron chi connectivity index (χ1n) is 9.63. The van der Waals surface area contributed by atoms with Crippen molar-refractivity contribution >= 4 is 17.2 Å². The van der Waals surface area contributed by atoms with Crippen molar-refractivity contribution < 1.29 is 0 Å². The van der Waals surface area contributed by atoms with Crippen LogP contribution in [0.5, 0.6) is 0 Å². The van der Waals surface area contributed by atoms with E-state index in [4.69, 9.17) is 0 Å².